The second kappa shape index (κ2) is 8.20. The average Bonchev–Trinajstić information content (AvgIpc) is 3.26. The van der Waals surface area contributed by atoms with Crippen molar-refractivity contribution in [2.24, 2.45) is 0 Å². The number of carbonyl (C=O) groups is 2. The minimum atomic E-state index is -0.327. The molecule has 26 heavy (non-hydrogen) atoms. The Morgan fingerprint density at radius 2 is 2.23 bits per heavy atom. The molecule has 2 heterocycles. The Labute approximate surface area is 160 Å². The first kappa shape index (κ1) is 18.2. The molecule has 0 atom stereocenters. The number of thiocarbonyl (C=S) groups is 1. The van der Waals surface area contributed by atoms with Crippen LogP contribution >= 0.6 is 24.0 Å². The highest BCUT2D eigenvalue weighted by Gasteiger charge is 2.31. The third kappa shape index (κ3) is 4.14. The van der Waals surface area contributed by atoms with Gasteiger partial charge in [0.1, 0.15) is 10.1 Å². The van der Waals surface area contributed by atoms with Crippen LogP contribution in [0.2, 0.25) is 0 Å². The fourth-order valence-corrected chi connectivity index (χ4v) is 3.66. The third-order valence-electron chi connectivity index (χ3n) is 3.63. The van der Waals surface area contributed by atoms with Gasteiger partial charge < -0.3 is 14.5 Å². The number of nitrogens with zero attached hydrogens (tertiary/aromatic N) is 1. The van der Waals surface area contributed by atoms with E-state index in [1.54, 1.807) is 25.3 Å². The molecule has 0 radical (unpaired) electrons. The Morgan fingerprint density at radius 3 is 2.96 bits per heavy atom. The monoisotopic (exact) mass is 388 g/mol. The van der Waals surface area contributed by atoms with Crippen LogP contribution in [0.15, 0.2) is 52.0 Å². The molecule has 0 bridgehead atoms. The van der Waals surface area contributed by atoms with Gasteiger partial charge in [-0.25, -0.2) is 0 Å². The summed E-state index contributed by atoms with van der Waals surface area (Å²) in [6.07, 6.45) is 3.21. The molecule has 6 nitrogen and oxygen atoms in total. The molecule has 0 unspecified atom stereocenters. The van der Waals surface area contributed by atoms with E-state index >= 15 is 0 Å². The predicted octanol–water partition coefficient (Wildman–Crippen LogP) is 2.92. The van der Waals surface area contributed by atoms with E-state index in [1.165, 1.54) is 22.9 Å². The van der Waals surface area contributed by atoms with Gasteiger partial charge in [-0.3, -0.25) is 14.5 Å². The number of furan rings is 1. The Balaban J connectivity index is 1.61. The first-order valence-corrected chi connectivity index (χ1v) is 9.02. The minimum absolute atomic E-state index is 0.171. The van der Waals surface area contributed by atoms with Gasteiger partial charge in [0.05, 0.1) is 18.3 Å². The summed E-state index contributed by atoms with van der Waals surface area (Å²) in [6.45, 7) is 0.574. The predicted molar refractivity (Wildman–Crippen MR) is 104 cm³/mol. The molecule has 8 heteroatoms. The van der Waals surface area contributed by atoms with E-state index in [-0.39, 0.29) is 24.1 Å². The van der Waals surface area contributed by atoms with E-state index in [0.717, 1.165) is 11.3 Å². The lowest BCUT2D eigenvalue weighted by atomic mass is 10.2. The largest absolute Gasteiger partial charge is 0.497 e. The summed E-state index contributed by atoms with van der Waals surface area (Å²) in [5, 5.41) is 2.70. The topological polar surface area (TPSA) is 71.8 Å². The summed E-state index contributed by atoms with van der Waals surface area (Å²) in [6, 6.07) is 10.6. The van der Waals surface area contributed by atoms with Crippen molar-refractivity contribution in [2.45, 2.75) is 0 Å². The molecule has 0 aliphatic carbocycles. The second-order valence-corrected chi connectivity index (χ2v) is 7.02. The SMILES string of the molecule is COc1cccc(/C=C2/SC(=S)N(CCNC(=O)c3ccco3)C2=O)c1. The Bertz CT molecular complexity index is 862. The Hall–Kier alpha value is -2.58. The maximum atomic E-state index is 12.6. The van der Waals surface area contributed by atoms with Gasteiger partial charge in [-0.15, -0.1) is 0 Å². The van der Waals surface area contributed by atoms with Gasteiger partial charge >= 0.3 is 0 Å². The van der Waals surface area contributed by atoms with Gasteiger partial charge in [0.15, 0.2) is 5.76 Å². The van der Waals surface area contributed by atoms with Gasteiger partial charge in [-0.2, -0.15) is 0 Å². The fraction of sp³-hybridized carbons (Fsp3) is 0.167. The highest BCUT2D eigenvalue weighted by molar-refractivity contribution is 8.26. The summed E-state index contributed by atoms with van der Waals surface area (Å²) < 4.78 is 10.7. The van der Waals surface area contributed by atoms with E-state index in [1.807, 2.05) is 24.3 Å². The van der Waals surface area contributed by atoms with Crippen molar-refractivity contribution >= 4 is 46.2 Å². The van der Waals surface area contributed by atoms with Crippen LogP contribution in [0.3, 0.4) is 0 Å². The first-order chi connectivity index (χ1) is 12.6. The number of hydrogen-bond acceptors (Lipinski definition) is 6. The van der Waals surface area contributed by atoms with Crippen molar-refractivity contribution in [2.75, 3.05) is 20.2 Å². The third-order valence-corrected chi connectivity index (χ3v) is 5.01. The fourth-order valence-electron chi connectivity index (χ4n) is 2.35. The van der Waals surface area contributed by atoms with Crippen LogP contribution in [0.25, 0.3) is 6.08 Å². The molecular formula is C18H16N2O4S2. The van der Waals surface area contributed by atoms with Gasteiger partial charge in [0.2, 0.25) is 0 Å². The number of thioether (sulfide) groups is 1. The molecule has 1 aliphatic heterocycles. The number of benzene rings is 1. The molecule has 1 N–H and O–H groups in total. The molecule has 3 rings (SSSR count). The van der Waals surface area contributed by atoms with Gasteiger partial charge in [0, 0.05) is 13.1 Å². The maximum absolute atomic E-state index is 12.6. The lowest BCUT2D eigenvalue weighted by molar-refractivity contribution is -0.122. The summed E-state index contributed by atoms with van der Waals surface area (Å²) in [5.74, 6) is 0.450. The van der Waals surface area contributed by atoms with Crippen molar-refractivity contribution in [3.8, 4) is 5.75 Å². The molecule has 1 saturated heterocycles. The normalized spacial score (nSPS) is 15.6. The standard InChI is InChI=1S/C18H16N2O4S2/c1-23-13-5-2-4-12(10-13)11-15-17(22)20(18(25)26-15)8-7-19-16(21)14-6-3-9-24-14/h2-6,9-11H,7-8H2,1H3,(H,19,21)/b15-11+. The number of amides is 2. The quantitative estimate of drug-likeness (QED) is 0.606. The van der Waals surface area contributed by atoms with Crippen molar-refractivity contribution < 1.29 is 18.7 Å². The molecule has 1 aromatic carbocycles. The molecule has 2 amide bonds. The van der Waals surface area contributed by atoms with Crippen LogP contribution < -0.4 is 10.1 Å². The number of rotatable bonds is 6. The van der Waals surface area contributed by atoms with Gasteiger partial charge in [0.25, 0.3) is 11.8 Å². The zero-order valence-corrected chi connectivity index (χ0v) is 15.6. The Kier molecular flexibility index (Phi) is 5.75. The number of hydrogen-bond donors (Lipinski definition) is 1. The van der Waals surface area contributed by atoms with Crippen molar-refractivity contribution in [1.29, 1.82) is 0 Å². The number of methoxy groups -OCH3 is 1. The van der Waals surface area contributed by atoms with E-state index in [0.29, 0.717) is 15.8 Å². The van der Waals surface area contributed by atoms with E-state index < -0.39 is 0 Å². The summed E-state index contributed by atoms with van der Waals surface area (Å²) in [4.78, 5) is 26.4. The van der Waals surface area contributed by atoms with Gasteiger partial charge in [-0.1, -0.05) is 36.1 Å². The van der Waals surface area contributed by atoms with Gasteiger partial charge in [-0.05, 0) is 35.9 Å². The average molecular weight is 388 g/mol. The van der Waals surface area contributed by atoms with Crippen molar-refractivity contribution in [3.63, 3.8) is 0 Å². The molecule has 0 spiro atoms. The van der Waals surface area contributed by atoms with Crippen molar-refractivity contribution in [1.82, 2.24) is 10.2 Å². The van der Waals surface area contributed by atoms with Crippen LogP contribution in [0, 0.1) is 0 Å². The van der Waals surface area contributed by atoms with Crippen molar-refractivity contribution in [3.05, 3.63) is 58.9 Å². The number of ether oxygens (including phenoxy) is 1. The van der Waals surface area contributed by atoms with Crippen LogP contribution in [0.4, 0.5) is 0 Å². The lowest BCUT2D eigenvalue weighted by Crippen LogP contribution is -2.37. The zero-order chi connectivity index (χ0) is 18.5. The molecule has 0 saturated carbocycles. The van der Waals surface area contributed by atoms with Crippen LogP contribution in [0.5, 0.6) is 5.75 Å². The molecule has 1 aliphatic rings. The Morgan fingerprint density at radius 1 is 1.38 bits per heavy atom. The van der Waals surface area contributed by atoms with E-state index in [2.05, 4.69) is 5.32 Å². The highest BCUT2D eigenvalue weighted by Crippen LogP contribution is 2.32. The molecule has 1 fully saturated rings. The van der Waals surface area contributed by atoms with Crippen LogP contribution in [-0.2, 0) is 4.79 Å². The van der Waals surface area contributed by atoms with E-state index in [9.17, 15) is 9.59 Å². The highest BCUT2D eigenvalue weighted by atomic mass is 32.2. The second-order valence-electron chi connectivity index (χ2n) is 5.34. The molecular weight excluding hydrogens is 372 g/mol. The molecule has 2 aromatic rings. The number of carbonyl (C=O) groups excluding carboxylic acids is 2. The first-order valence-electron chi connectivity index (χ1n) is 7.79. The smallest absolute Gasteiger partial charge is 0.287 e. The summed E-state index contributed by atoms with van der Waals surface area (Å²) >= 11 is 6.53. The maximum Gasteiger partial charge on any atom is 0.287 e. The van der Waals surface area contributed by atoms with Crippen LogP contribution in [-0.4, -0.2) is 41.2 Å². The van der Waals surface area contributed by atoms with E-state index in [4.69, 9.17) is 21.4 Å². The molecule has 134 valence electrons. The minimum Gasteiger partial charge on any atom is -0.497 e. The zero-order valence-electron chi connectivity index (χ0n) is 13.9. The summed E-state index contributed by atoms with van der Waals surface area (Å²) in [7, 11) is 1.59. The van der Waals surface area contributed by atoms with Crippen LogP contribution in [0.1, 0.15) is 16.1 Å². The molecule has 1 aromatic heterocycles. The number of nitrogens with one attached hydrogen (secondary N) is 1. The lowest BCUT2D eigenvalue weighted by Gasteiger charge is -2.14. The summed E-state index contributed by atoms with van der Waals surface area (Å²) in [5.41, 5.74) is 0.857.